The van der Waals surface area contributed by atoms with Gasteiger partial charge in [-0.25, -0.2) is 0 Å². The molecule has 2 atom stereocenters. The minimum absolute atomic E-state index is 0.0399. The van der Waals surface area contributed by atoms with Crippen LogP contribution in [-0.4, -0.2) is 23.6 Å². The van der Waals surface area contributed by atoms with E-state index in [0.29, 0.717) is 47.0 Å². The van der Waals surface area contributed by atoms with E-state index in [1.807, 2.05) is 38.1 Å². The Hall–Kier alpha value is -2.92. The first kappa shape index (κ1) is 31.3. The Kier molecular flexibility index (Phi) is 12.8. The van der Waals surface area contributed by atoms with Crippen LogP contribution in [0.3, 0.4) is 0 Å². The molecule has 0 bridgehead atoms. The summed E-state index contributed by atoms with van der Waals surface area (Å²) < 4.78 is 5.88. The average Bonchev–Trinajstić information content (AvgIpc) is 2.94. The summed E-state index contributed by atoms with van der Waals surface area (Å²) in [6.07, 6.45) is 11.1. The van der Waals surface area contributed by atoms with Crippen molar-refractivity contribution in [1.82, 2.24) is 4.98 Å². The lowest BCUT2D eigenvalue weighted by Gasteiger charge is -2.26. The van der Waals surface area contributed by atoms with Crippen molar-refractivity contribution < 1.29 is 9.53 Å². The number of carbonyl (C=O) groups is 1. The molecule has 5 nitrogen and oxygen atoms in total. The van der Waals surface area contributed by atoms with Crippen molar-refractivity contribution in [2.75, 3.05) is 6.61 Å². The number of ketones is 1. The highest BCUT2D eigenvalue weighted by atomic mass is 35.5. The molecule has 2 unspecified atom stereocenters. The topological polar surface area (TPSA) is 89.1 Å². The van der Waals surface area contributed by atoms with Gasteiger partial charge in [0.2, 0.25) is 0 Å². The third-order valence-electron chi connectivity index (χ3n) is 7.08. The third-order valence-corrected chi connectivity index (χ3v) is 7.31. The van der Waals surface area contributed by atoms with E-state index in [9.17, 15) is 4.79 Å². The van der Waals surface area contributed by atoms with Crippen LogP contribution in [0.25, 0.3) is 11.1 Å². The maximum atomic E-state index is 13.6. The molecule has 206 valence electrons. The van der Waals surface area contributed by atoms with E-state index < -0.39 is 0 Å². The van der Waals surface area contributed by atoms with Crippen LogP contribution in [-0.2, 0) is 11.2 Å². The second-order valence-corrected chi connectivity index (χ2v) is 10.2. The van der Waals surface area contributed by atoms with E-state index in [2.05, 4.69) is 32.7 Å². The lowest BCUT2D eigenvalue weighted by Crippen LogP contribution is -2.29. The number of rotatable bonds is 10. The number of fused-ring (bicyclic) bond motifs is 1. The number of nitrogens with one attached hydrogen (secondary N) is 1. The number of carbonyl (C=O) groups excluding carboxylic acids is 1. The fourth-order valence-corrected chi connectivity index (χ4v) is 4.72. The number of allylic oxidation sites excluding steroid dienone is 4. The molecule has 0 amide bonds. The molecule has 0 fully saturated rings. The van der Waals surface area contributed by atoms with Gasteiger partial charge in [-0.05, 0) is 67.5 Å². The Morgan fingerprint density at radius 2 is 1.95 bits per heavy atom. The van der Waals surface area contributed by atoms with Gasteiger partial charge in [-0.2, -0.15) is 0 Å². The van der Waals surface area contributed by atoms with Crippen molar-refractivity contribution in [3.05, 3.63) is 69.6 Å². The number of ether oxygens (including phenoxy) is 1. The zero-order chi connectivity index (χ0) is 28.2. The van der Waals surface area contributed by atoms with E-state index in [1.54, 1.807) is 12.3 Å². The molecule has 2 heterocycles. The van der Waals surface area contributed by atoms with Gasteiger partial charge in [0, 0.05) is 39.8 Å². The zero-order valence-electron chi connectivity index (χ0n) is 23.9. The van der Waals surface area contributed by atoms with Crippen LogP contribution >= 0.6 is 11.6 Å². The van der Waals surface area contributed by atoms with Crippen molar-refractivity contribution >= 4 is 34.7 Å². The Morgan fingerprint density at radius 1 is 1.24 bits per heavy atom. The minimum Gasteiger partial charge on any atom is -0.493 e. The maximum absolute atomic E-state index is 13.6. The van der Waals surface area contributed by atoms with Gasteiger partial charge in [-0.3, -0.25) is 9.78 Å². The highest BCUT2D eigenvalue weighted by molar-refractivity contribution is 6.30. The fourth-order valence-electron chi connectivity index (χ4n) is 4.53. The van der Waals surface area contributed by atoms with Crippen LogP contribution in [0.4, 0.5) is 0 Å². The quantitative estimate of drug-likeness (QED) is 0.235. The summed E-state index contributed by atoms with van der Waals surface area (Å²) in [4.78, 5) is 18.3. The number of hydrogen-bond donors (Lipinski definition) is 2. The van der Waals surface area contributed by atoms with Gasteiger partial charge in [0.1, 0.15) is 5.75 Å². The first-order valence-corrected chi connectivity index (χ1v) is 14.2. The van der Waals surface area contributed by atoms with Crippen LogP contribution < -0.4 is 10.5 Å². The number of nitrogens with zero attached hydrogens (tertiary/aromatic N) is 1. The zero-order valence-corrected chi connectivity index (χ0v) is 24.6. The lowest BCUT2D eigenvalue weighted by molar-refractivity contribution is -0.118. The second-order valence-electron chi connectivity index (χ2n) is 9.79. The monoisotopic (exact) mass is 537 g/mol. The van der Waals surface area contributed by atoms with E-state index in [-0.39, 0.29) is 17.6 Å². The van der Waals surface area contributed by atoms with Crippen molar-refractivity contribution in [3.63, 3.8) is 0 Å². The molecule has 0 saturated heterocycles. The molecule has 0 saturated carbocycles. The van der Waals surface area contributed by atoms with Crippen LogP contribution in [0.2, 0.25) is 5.02 Å². The molecule has 0 radical (unpaired) electrons. The number of Topliss-reactive ketones (excluding diaryl/α,β-unsaturated/α-hetero) is 1. The molecule has 38 heavy (non-hydrogen) atoms. The summed E-state index contributed by atoms with van der Waals surface area (Å²) in [5.74, 6) is 0.746. The van der Waals surface area contributed by atoms with Gasteiger partial charge < -0.3 is 15.9 Å². The predicted molar refractivity (Wildman–Crippen MR) is 161 cm³/mol. The molecule has 1 aliphatic heterocycles. The molecule has 0 aliphatic carbocycles. The molecule has 1 aromatic carbocycles. The number of nitrogens with two attached hydrogens (primary N) is 1. The lowest BCUT2D eigenvalue weighted by atomic mass is 9.83. The van der Waals surface area contributed by atoms with Gasteiger partial charge >= 0.3 is 0 Å². The van der Waals surface area contributed by atoms with Crippen LogP contribution in [0.5, 0.6) is 5.75 Å². The largest absolute Gasteiger partial charge is 0.493 e. The highest BCUT2D eigenvalue weighted by Gasteiger charge is 2.30. The van der Waals surface area contributed by atoms with E-state index >= 15 is 0 Å². The van der Waals surface area contributed by atoms with Gasteiger partial charge in [0.15, 0.2) is 5.78 Å². The van der Waals surface area contributed by atoms with E-state index in [0.717, 1.165) is 28.9 Å². The SMILES string of the molecule is C/C=C(/C(=O)C1COc2ccc(Cl)cc2C1)c1cnc(/C(C=N)=C(/N)CC)cc1C(C)CC.CCCCC. The summed E-state index contributed by atoms with van der Waals surface area (Å²) in [5.41, 5.74) is 11.5. The van der Waals surface area contributed by atoms with E-state index in [4.69, 9.17) is 27.5 Å². The van der Waals surface area contributed by atoms with Gasteiger partial charge in [-0.15, -0.1) is 0 Å². The summed E-state index contributed by atoms with van der Waals surface area (Å²) >= 11 is 6.16. The molecule has 1 aromatic heterocycles. The summed E-state index contributed by atoms with van der Waals surface area (Å²) in [6.45, 7) is 12.9. The van der Waals surface area contributed by atoms with Gasteiger partial charge in [0.05, 0.1) is 18.2 Å². The maximum Gasteiger partial charge on any atom is 0.170 e. The normalized spacial score (nSPS) is 16.3. The van der Waals surface area contributed by atoms with Crippen molar-refractivity contribution in [3.8, 4) is 5.75 Å². The molecule has 3 N–H and O–H groups in total. The molecule has 3 rings (SSSR count). The number of aromatic nitrogens is 1. The minimum atomic E-state index is -0.292. The second kappa shape index (κ2) is 15.5. The van der Waals surface area contributed by atoms with Crippen molar-refractivity contribution in [2.24, 2.45) is 11.7 Å². The smallest absolute Gasteiger partial charge is 0.170 e. The third kappa shape index (κ3) is 7.80. The Morgan fingerprint density at radius 3 is 2.50 bits per heavy atom. The van der Waals surface area contributed by atoms with Crippen LogP contribution in [0, 0.1) is 11.3 Å². The number of benzene rings is 1. The number of halogens is 1. The van der Waals surface area contributed by atoms with Crippen LogP contribution in [0.15, 0.2) is 42.2 Å². The first-order chi connectivity index (χ1) is 18.3. The number of unbranched alkanes of at least 4 members (excludes halogenated alkanes) is 2. The number of hydrogen-bond acceptors (Lipinski definition) is 5. The van der Waals surface area contributed by atoms with Crippen LogP contribution in [0.1, 0.15) is 102 Å². The first-order valence-electron chi connectivity index (χ1n) is 13.9. The molecule has 0 spiro atoms. The van der Waals surface area contributed by atoms with E-state index in [1.165, 1.54) is 25.5 Å². The van der Waals surface area contributed by atoms with Crippen molar-refractivity contribution in [1.29, 1.82) is 5.41 Å². The Labute approximate surface area is 234 Å². The highest BCUT2D eigenvalue weighted by Crippen LogP contribution is 2.35. The molecule has 1 aliphatic rings. The summed E-state index contributed by atoms with van der Waals surface area (Å²) in [6, 6.07) is 7.51. The Bertz CT molecular complexity index is 1170. The molecule has 6 heteroatoms. The molecule has 2 aromatic rings. The summed E-state index contributed by atoms with van der Waals surface area (Å²) in [5, 5.41) is 8.45. The standard InChI is InChI=1S/C27H32ClN3O2.C5H12/c1-5-16(4)21-12-25(22(13-29)24(30)7-3)31-14-23(21)20(6-2)27(32)18-10-17-11-19(28)8-9-26(17)33-15-18;1-3-5-4-2/h6,8-9,11-14,16,18,29H,5,7,10,15,30H2,1-4H3;3-5H2,1-2H3/b20-6+,24-22+,29-13?;. The predicted octanol–water partition coefficient (Wildman–Crippen LogP) is 8.40. The van der Waals surface area contributed by atoms with Gasteiger partial charge in [0.25, 0.3) is 0 Å². The Balaban J connectivity index is 0.000000926. The van der Waals surface area contributed by atoms with Gasteiger partial charge in [-0.1, -0.05) is 71.6 Å². The van der Waals surface area contributed by atoms with Crippen molar-refractivity contribution in [2.45, 2.75) is 86.0 Å². The average molecular weight is 538 g/mol. The molecular weight excluding hydrogens is 494 g/mol. The fraction of sp³-hybridized carbons (Fsp3) is 0.469. The molecular formula is C32H44ClN3O2. The summed E-state index contributed by atoms with van der Waals surface area (Å²) in [7, 11) is 0. The number of pyridine rings is 1.